The molecular weight excluding hydrogens is 354 g/mol. The fourth-order valence-electron chi connectivity index (χ4n) is 2.42. The Balaban J connectivity index is 1.85. The van der Waals surface area contributed by atoms with Gasteiger partial charge in [-0.15, -0.1) is 0 Å². The normalized spacial score (nSPS) is 11.5. The molecule has 2 aromatic rings. The standard InChI is InChI=1S/C19H22ClN3O3/c1-3-23(13-19(25)22-16-6-4-5-14(20)11-16)12-18(24)21-15-7-9-17(26-2)10-8-15/h4-11H,3,12-13H2,1-2H3,(H,21,24)(H,22,25)/p+1. The minimum atomic E-state index is -0.165. The largest absolute Gasteiger partial charge is 0.497 e. The van der Waals surface area contributed by atoms with E-state index in [4.69, 9.17) is 16.3 Å². The minimum absolute atomic E-state index is 0.150. The molecule has 2 aromatic carbocycles. The van der Waals surface area contributed by atoms with Crippen molar-refractivity contribution in [2.24, 2.45) is 0 Å². The van der Waals surface area contributed by atoms with Crippen LogP contribution in [0.15, 0.2) is 48.5 Å². The monoisotopic (exact) mass is 376 g/mol. The van der Waals surface area contributed by atoms with E-state index >= 15 is 0 Å². The number of nitrogens with one attached hydrogen (secondary N) is 3. The number of methoxy groups -OCH3 is 1. The van der Waals surface area contributed by atoms with Gasteiger partial charge in [-0.2, -0.15) is 0 Å². The summed E-state index contributed by atoms with van der Waals surface area (Å²) in [5.74, 6) is 0.408. The number of carbonyl (C=O) groups excluding carboxylic acids is 2. The lowest BCUT2D eigenvalue weighted by molar-refractivity contribution is -0.881. The highest BCUT2D eigenvalue weighted by Crippen LogP contribution is 2.15. The van der Waals surface area contributed by atoms with Crippen molar-refractivity contribution < 1.29 is 19.2 Å². The van der Waals surface area contributed by atoms with Gasteiger partial charge in [0.2, 0.25) is 0 Å². The first-order valence-electron chi connectivity index (χ1n) is 8.33. The molecule has 0 saturated carbocycles. The quantitative estimate of drug-likeness (QED) is 0.658. The van der Waals surface area contributed by atoms with Crippen molar-refractivity contribution in [1.29, 1.82) is 0 Å². The third-order valence-electron chi connectivity index (χ3n) is 3.80. The van der Waals surface area contributed by atoms with Crippen LogP contribution in [-0.4, -0.2) is 38.6 Å². The first-order valence-corrected chi connectivity index (χ1v) is 8.71. The molecule has 2 amide bonds. The Hall–Kier alpha value is -2.57. The van der Waals surface area contributed by atoms with Crippen molar-refractivity contribution in [3.8, 4) is 5.75 Å². The molecule has 0 aliphatic carbocycles. The van der Waals surface area contributed by atoms with E-state index in [0.29, 0.717) is 22.9 Å². The van der Waals surface area contributed by atoms with Crippen LogP contribution in [0.3, 0.4) is 0 Å². The van der Waals surface area contributed by atoms with Crippen LogP contribution in [-0.2, 0) is 9.59 Å². The number of quaternary nitrogens is 1. The summed E-state index contributed by atoms with van der Waals surface area (Å²) < 4.78 is 5.09. The lowest BCUT2D eigenvalue weighted by Crippen LogP contribution is -3.13. The molecule has 0 heterocycles. The predicted octanol–water partition coefficient (Wildman–Crippen LogP) is 1.83. The summed E-state index contributed by atoms with van der Waals surface area (Å²) in [6, 6.07) is 14.1. The number of halogens is 1. The number of ether oxygens (including phenoxy) is 1. The van der Waals surface area contributed by atoms with Crippen LogP contribution in [0.5, 0.6) is 5.75 Å². The fourth-order valence-corrected chi connectivity index (χ4v) is 2.61. The van der Waals surface area contributed by atoms with E-state index in [9.17, 15) is 9.59 Å². The van der Waals surface area contributed by atoms with Crippen LogP contribution in [0.4, 0.5) is 11.4 Å². The van der Waals surface area contributed by atoms with E-state index in [1.54, 1.807) is 55.6 Å². The summed E-state index contributed by atoms with van der Waals surface area (Å²) in [6.07, 6.45) is 0. The average Bonchev–Trinajstić information content (AvgIpc) is 2.61. The van der Waals surface area contributed by atoms with Gasteiger partial charge >= 0.3 is 0 Å². The molecule has 0 spiro atoms. The van der Waals surface area contributed by atoms with Crippen molar-refractivity contribution >= 4 is 34.8 Å². The van der Waals surface area contributed by atoms with Crippen molar-refractivity contribution in [3.63, 3.8) is 0 Å². The van der Waals surface area contributed by atoms with Crippen molar-refractivity contribution in [2.75, 3.05) is 37.4 Å². The lowest BCUT2D eigenvalue weighted by atomic mass is 10.3. The molecule has 0 aliphatic heterocycles. The van der Waals surface area contributed by atoms with Gasteiger partial charge in [0, 0.05) is 16.4 Å². The second kappa shape index (κ2) is 9.79. The zero-order valence-electron chi connectivity index (χ0n) is 14.8. The third kappa shape index (κ3) is 6.38. The Bertz CT molecular complexity index is 750. The summed E-state index contributed by atoms with van der Waals surface area (Å²) in [6.45, 7) is 2.98. The van der Waals surface area contributed by atoms with Crippen LogP contribution < -0.4 is 20.3 Å². The van der Waals surface area contributed by atoms with Crippen molar-refractivity contribution in [3.05, 3.63) is 53.6 Å². The second-order valence-corrected chi connectivity index (χ2v) is 6.23. The predicted molar refractivity (Wildman–Crippen MR) is 103 cm³/mol. The van der Waals surface area contributed by atoms with Crippen LogP contribution in [0.25, 0.3) is 0 Å². The number of benzene rings is 2. The summed E-state index contributed by atoms with van der Waals surface area (Å²) in [5.41, 5.74) is 1.33. The van der Waals surface area contributed by atoms with Crippen molar-refractivity contribution in [1.82, 2.24) is 0 Å². The Morgan fingerprint density at radius 3 is 2.15 bits per heavy atom. The van der Waals surface area contributed by atoms with Gasteiger partial charge in [0.05, 0.1) is 13.7 Å². The molecule has 0 radical (unpaired) electrons. The van der Waals surface area contributed by atoms with Gasteiger partial charge in [0.25, 0.3) is 11.8 Å². The molecule has 1 atom stereocenters. The molecular formula is C19H23ClN3O3+. The Labute approximate surface area is 158 Å². The van der Waals surface area contributed by atoms with Gasteiger partial charge in [0.15, 0.2) is 13.1 Å². The topological polar surface area (TPSA) is 71.9 Å². The number of amides is 2. The molecule has 3 N–H and O–H groups in total. The van der Waals surface area contributed by atoms with Gasteiger partial charge in [0.1, 0.15) is 5.75 Å². The molecule has 138 valence electrons. The highest BCUT2D eigenvalue weighted by Gasteiger charge is 2.17. The summed E-state index contributed by atoms with van der Waals surface area (Å²) in [4.78, 5) is 25.2. The van der Waals surface area contributed by atoms with E-state index in [0.717, 1.165) is 10.6 Å². The minimum Gasteiger partial charge on any atom is -0.497 e. The Kier molecular flexibility index (Phi) is 7.44. The van der Waals surface area contributed by atoms with E-state index in [-0.39, 0.29) is 24.9 Å². The number of hydrogen-bond acceptors (Lipinski definition) is 3. The summed E-state index contributed by atoms with van der Waals surface area (Å²) in [5, 5.41) is 6.17. The number of rotatable bonds is 8. The molecule has 7 heteroatoms. The van der Waals surface area contributed by atoms with E-state index < -0.39 is 0 Å². The first kappa shape index (κ1) is 19.8. The molecule has 0 aromatic heterocycles. The molecule has 6 nitrogen and oxygen atoms in total. The molecule has 0 saturated heterocycles. The highest BCUT2D eigenvalue weighted by atomic mass is 35.5. The number of hydrogen-bond donors (Lipinski definition) is 3. The smallest absolute Gasteiger partial charge is 0.279 e. The maximum atomic E-state index is 12.2. The summed E-state index contributed by atoms with van der Waals surface area (Å²) in [7, 11) is 1.59. The third-order valence-corrected chi connectivity index (χ3v) is 4.04. The molecule has 1 unspecified atom stereocenters. The Morgan fingerprint density at radius 1 is 1.00 bits per heavy atom. The van der Waals surface area contributed by atoms with E-state index in [1.165, 1.54) is 0 Å². The first-order chi connectivity index (χ1) is 12.5. The maximum absolute atomic E-state index is 12.2. The fraction of sp³-hybridized carbons (Fsp3) is 0.263. The average molecular weight is 377 g/mol. The van der Waals surface area contributed by atoms with Gasteiger partial charge in [-0.05, 0) is 49.4 Å². The zero-order chi connectivity index (χ0) is 18.9. The van der Waals surface area contributed by atoms with Gasteiger partial charge in [-0.1, -0.05) is 17.7 Å². The molecule has 0 aliphatic rings. The van der Waals surface area contributed by atoms with Gasteiger partial charge < -0.3 is 20.3 Å². The van der Waals surface area contributed by atoms with Gasteiger partial charge in [-0.25, -0.2) is 0 Å². The van der Waals surface area contributed by atoms with E-state index in [1.807, 2.05) is 6.92 Å². The maximum Gasteiger partial charge on any atom is 0.279 e. The molecule has 2 rings (SSSR count). The van der Waals surface area contributed by atoms with E-state index in [2.05, 4.69) is 10.6 Å². The van der Waals surface area contributed by atoms with Crippen LogP contribution in [0, 0.1) is 0 Å². The van der Waals surface area contributed by atoms with Crippen LogP contribution in [0.2, 0.25) is 5.02 Å². The van der Waals surface area contributed by atoms with Crippen LogP contribution >= 0.6 is 11.6 Å². The number of likely N-dealkylation sites (N-methyl/N-ethyl adjacent to an activating group) is 1. The zero-order valence-corrected chi connectivity index (χ0v) is 15.6. The Morgan fingerprint density at radius 2 is 1.62 bits per heavy atom. The van der Waals surface area contributed by atoms with Crippen molar-refractivity contribution in [2.45, 2.75) is 6.92 Å². The second-order valence-electron chi connectivity index (χ2n) is 5.79. The molecule has 26 heavy (non-hydrogen) atoms. The SMILES string of the molecule is CC[NH+](CC(=O)Nc1ccc(OC)cc1)CC(=O)Nc1cccc(Cl)c1. The lowest BCUT2D eigenvalue weighted by Gasteiger charge is -2.17. The van der Waals surface area contributed by atoms with Crippen LogP contribution in [0.1, 0.15) is 6.92 Å². The number of carbonyl (C=O) groups is 2. The summed E-state index contributed by atoms with van der Waals surface area (Å²) >= 11 is 5.91. The number of anilines is 2. The van der Waals surface area contributed by atoms with Gasteiger partial charge in [-0.3, -0.25) is 9.59 Å². The highest BCUT2D eigenvalue weighted by molar-refractivity contribution is 6.30. The molecule has 0 fully saturated rings. The molecule has 0 bridgehead atoms.